The number of rotatable bonds is 7. The number of fused-ring (bicyclic) bond motifs is 1. The first-order valence-electron chi connectivity index (χ1n) is 9.47. The van der Waals surface area contributed by atoms with Crippen molar-refractivity contribution in [3.05, 3.63) is 78.4 Å². The fourth-order valence-corrected chi connectivity index (χ4v) is 3.38. The molecule has 2 N–H and O–H groups in total. The van der Waals surface area contributed by atoms with Gasteiger partial charge in [-0.3, -0.25) is 4.79 Å². The summed E-state index contributed by atoms with van der Waals surface area (Å²) in [6, 6.07) is 15.8. The number of para-hydroxylation sites is 1. The molecule has 146 valence electrons. The zero-order valence-corrected chi connectivity index (χ0v) is 16.2. The summed E-state index contributed by atoms with van der Waals surface area (Å²) in [5.41, 5.74) is 9.93. The molecule has 2 heterocycles. The molecule has 0 radical (unpaired) electrons. The van der Waals surface area contributed by atoms with Crippen LogP contribution in [-0.4, -0.2) is 27.0 Å². The molecule has 4 aromatic rings. The maximum Gasteiger partial charge on any atom is 0.221 e. The lowest BCUT2D eigenvalue weighted by molar-refractivity contribution is -0.117. The van der Waals surface area contributed by atoms with Gasteiger partial charge in [-0.1, -0.05) is 24.3 Å². The summed E-state index contributed by atoms with van der Waals surface area (Å²) >= 11 is 0. The largest absolute Gasteiger partial charge is 0.491 e. The molecular weight excluding hydrogens is 364 g/mol. The van der Waals surface area contributed by atoms with Gasteiger partial charge in [-0.15, -0.1) is 0 Å². The number of hydrogen-bond acceptors (Lipinski definition) is 4. The molecule has 0 saturated carbocycles. The Balaban J connectivity index is 1.65. The summed E-state index contributed by atoms with van der Waals surface area (Å²) in [6.07, 6.45) is 5.64. The molecule has 0 saturated heterocycles. The number of ether oxygens (including phenoxy) is 1. The first-order valence-corrected chi connectivity index (χ1v) is 9.47. The summed E-state index contributed by atoms with van der Waals surface area (Å²) in [7, 11) is 0. The van der Waals surface area contributed by atoms with Crippen LogP contribution in [0.2, 0.25) is 0 Å². The minimum atomic E-state index is -0.353. The van der Waals surface area contributed by atoms with E-state index in [0.29, 0.717) is 6.61 Å². The molecule has 0 atom stereocenters. The highest BCUT2D eigenvalue weighted by Crippen LogP contribution is 2.31. The maximum atomic E-state index is 11.3. The van der Waals surface area contributed by atoms with Crippen LogP contribution in [0.5, 0.6) is 5.75 Å². The molecule has 0 unspecified atom stereocenters. The predicted molar refractivity (Wildman–Crippen MR) is 113 cm³/mol. The van der Waals surface area contributed by atoms with Crippen molar-refractivity contribution in [1.82, 2.24) is 14.5 Å². The van der Waals surface area contributed by atoms with Crippen molar-refractivity contribution in [2.45, 2.75) is 19.9 Å². The first kappa shape index (κ1) is 18.7. The standard InChI is InChI=1S/C23H22N4O2/c1-16-12-20(26-21-13-17(14-23(24)28)6-7-18(16)21)19-4-2-3-5-22(19)29-11-10-27-9-8-25-15-27/h2-9,12-13,15H,10-11,14H2,1H3,(H2,24,28). The Labute approximate surface area is 169 Å². The number of imidazole rings is 1. The van der Waals surface area contributed by atoms with Crippen LogP contribution in [0.15, 0.2) is 67.3 Å². The number of hydrogen-bond donors (Lipinski definition) is 1. The van der Waals surface area contributed by atoms with Gasteiger partial charge in [-0.2, -0.15) is 0 Å². The van der Waals surface area contributed by atoms with Crippen molar-refractivity contribution >= 4 is 16.8 Å². The van der Waals surface area contributed by atoms with E-state index in [2.05, 4.69) is 18.0 Å². The average Bonchev–Trinajstić information content (AvgIpc) is 3.21. The van der Waals surface area contributed by atoms with Crippen molar-refractivity contribution in [3.8, 4) is 17.0 Å². The number of pyridine rings is 1. The third kappa shape index (κ3) is 4.27. The van der Waals surface area contributed by atoms with Gasteiger partial charge < -0.3 is 15.0 Å². The van der Waals surface area contributed by atoms with Crippen LogP contribution in [0, 0.1) is 6.92 Å². The summed E-state index contributed by atoms with van der Waals surface area (Å²) in [4.78, 5) is 20.2. The number of aryl methyl sites for hydroxylation is 1. The molecule has 0 aliphatic heterocycles. The number of aromatic nitrogens is 3. The van der Waals surface area contributed by atoms with Crippen molar-refractivity contribution < 1.29 is 9.53 Å². The second-order valence-electron chi connectivity index (χ2n) is 6.96. The first-order chi connectivity index (χ1) is 14.1. The SMILES string of the molecule is Cc1cc(-c2ccccc2OCCn2ccnc2)nc2cc(CC(N)=O)ccc12. The molecule has 4 rings (SSSR count). The second-order valence-corrected chi connectivity index (χ2v) is 6.96. The lowest BCUT2D eigenvalue weighted by Crippen LogP contribution is -2.13. The predicted octanol–water partition coefficient (Wildman–Crippen LogP) is 3.51. The number of nitrogens with zero attached hydrogens (tertiary/aromatic N) is 3. The van der Waals surface area contributed by atoms with Crippen molar-refractivity contribution in [2.75, 3.05) is 6.61 Å². The number of primary amides is 1. The summed E-state index contributed by atoms with van der Waals surface area (Å²) in [6.45, 7) is 3.31. The van der Waals surface area contributed by atoms with Crippen molar-refractivity contribution in [1.29, 1.82) is 0 Å². The van der Waals surface area contributed by atoms with E-state index in [4.69, 9.17) is 15.5 Å². The van der Waals surface area contributed by atoms with E-state index in [1.54, 1.807) is 12.5 Å². The molecule has 29 heavy (non-hydrogen) atoms. The quantitative estimate of drug-likeness (QED) is 0.527. The second kappa shape index (κ2) is 8.14. The van der Waals surface area contributed by atoms with E-state index in [1.165, 1.54) is 0 Å². The lowest BCUT2D eigenvalue weighted by Gasteiger charge is -2.13. The fraction of sp³-hybridized carbons (Fsp3) is 0.174. The highest BCUT2D eigenvalue weighted by atomic mass is 16.5. The van der Waals surface area contributed by atoms with Crippen molar-refractivity contribution in [2.24, 2.45) is 5.73 Å². The molecule has 6 nitrogen and oxygen atoms in total. The Morgan fingerprint density at radius 1 is 1.17 bits per heavy atom. The monoisotopic (exact) mass is 386 g/mol. The van der Waals surface area contributed by atoms with Gasteiger partial charge in [0, 0.05) is 23.3 Å². The van der Waals surface area contributed by atoms with Gasteiger partial charge in [0.05, 0.1) is 30.5 Å². The molecule has 6 heteroatoms. The number of benzene rings is 2. The molecule has 1 amide bonds. The topological polar surface area (TPSA) is 83.0 Å². The Bertz CT molecular complexity index is 1150. The van der Waals surface area contributed by atoms with E-state index in [1.807, 2.05) is 53.2 Å². The Morgan fingerprint density at radius 2 is 2.03 bits per heavy atom. The Kier molecular flexibility index (Phi) is 5.24. The zero-order valence-electron chi connectivity index (χ0n) is 16.2. The van der Waals surface area contributed by atoms with Crippen LogP contribution in [0.3, 0.4) is 0 Å². The fourth-order valence-electron chi connectivity index (χ4n) is 3.38. The molecule has 0 bridgehead atoms. The van der Waals surface area contributed by atoms with E-state index in [9.17, 15) is 4.79 Å². The summed E-state index contributed by atoms with van der Waals surface area (Å²) in [5.74, 6) is 0.432. The highest BCUT2D eigenvalue weighted by Gasteiger charge is 2.11. The van der Waals surface area contributed by atoms with Crippen molar-refractivity contribution in [3.63, 3.8) is 0 Å². The third-order valence-corrected chi connectivity index (χ3v) is 4.79. The van der Waals surface area contributed by atoms with Gasteiger partial charge in [0.2, 0.25) is 5.91 Å². The molecule has 2 aromatic heterocycles. The van der Waals surface area contributed by atoms with E-state index in [0.717, 1.165) is 45.6 Å². The van der Waals surface area contributed by atoms with E-state index in [-0.39, 0.29) is 12.3 Å². The van der Waals surface area contributed by atoms with Crippen LogP contribution >= 0.6 is 0 Å². The number of carbonyl (C=O) groups excluding carboxylic acids is 1. The van der Waals surface area contributed by atoms with Crippen LogP contribution in [0.1, 0.15) is 11.1 Å². The minimum absolute atomic E-state index is 0.203. The number of amides is 1. The summed E-state index contributed by atoms with van der Waals surface area (Å²) in [5, 5.41) is 1.06. The molecule has 0 fully saturated rings. The molecular formula is C23H22N4O2. The normalized spacial score (nSPS) is 10.9. The van der Waals surface area contributed by atoms with Crippen LogP contribution in [0.25, 0.3) is 22.2 Å². The Morgan fingerprint density at radius 3 is 2.83 bits per heavy atom. The average molecular weight is 386 g/mol. The molecule has 0 aliphatic carbocycles. The smallest absolute Gasteiger partial charge is 0.221 e. The van der Waals surface area contributed by atoms with E-state index < -0.39 is 0 Å². The third-order valence-electron chi connectivity index (χ3n) is 4.79. The van der Waals surface area contributed by atoms with Gasteiger partial charge in [-0.05, 0) is 42.3 Å². The van der Waals surface area contributed by atoms with E-state index >= 15 is 0 Å². The molecule has 0 spiro atoms. The van der Waals surface area contributed by atoms with Gasteiger partial charge in [-0.25, -0.2) is 9.97 Å². The van der Waals surface area contributed by atoms with Gasteiger partial charge >= 0.3 is 0 Å². The summed E-state index contributed by atoms with van der Waals surface area (Å²) < 4.78 is 8.02. The number of nitrogens with two attached hydrogens (primary N) is 1. The van der Waals surface area contributed by atoms with Gasteiger partial charge in [0.15, 0.2) is 0 Å². The number of carbonyl (C=O) groups is 1. The molecule has 2 aromatic carbocycles. The highest BCUT2D eigenvalue weighted by molar-refractivity contribution is 5.87. The van der Waals surface area contributed by atoms with Crippen LogP contribution < -0.4 is 10.5 Å². The lowest BCUT2D eigenvalue weighted by atomic mass is 10.0. The van der Waals surface area contributed by atoms with Crippen LogP contribution in [-0.2, 0) is 17.8 Å². The van der Waals surface area contributed by atoms with Gasteiger partial charge in [0.25, 0.3) is 0 Å². The maximum absolute atomic E-state index is 11.3. The molecule has 0 aliphatic rings. The van der Waals surface area contributed by atoms with Gasteiger partial charge in [0.1, 0.15) is 12.4 Å². The zero-order chi connectivity index (χ0) is 20.2. The van der Waals surface area contributed by atoms with Crippen LogP contribution in [0.4, 0.5) is 0 Å². The Hall–Kier alpha value is -3.67. The minimum Gasteiger partial charge on any atom is -0.491 e.